The lowest BCUT2D eigenvalue weighted by molar-refractivity contribution is -0.384. The third-order valence-corrected chi connectivity index (χ3v) is 4.00. The van der Waals surface area contributed by atoms with Crippen LogP contribution in [-0.2, 0) is 14.3 Å². The molecule has 1 saturated heterocycles. The van der Waals surface area contributed by atoms with E-state index in [2.05, 4.69) is 0 Å². The van der Waals surface area contributed by atoms with E-state index in [1.165, 1.54) is 24.3 Å². The molecule has 1 heterocycles. The zero-order valence-corrected chi connectivity index (χ0v) is 12.0. The molecule has 1 aromatic rings. The molecular formula is C15H17NO6. The lowest BCUT2D eigenvalue weighted by Gasteiger charge is -2.31. The van der Waals surface area contributed by atoms with Crippen molar-refractivity contribution in [3.05, 3.63) is 34.4 Å². The molecule has 0 bridgehead atoms. The van der Waals surface area contributed by atoms with Gasteiger partial charge in [0.1, 0.15) is 5.75 Å². The summed E-state index contributed by atoms with van der Waals surface area (Å²) in [6, 6.07) is 5.36. The van der Waals surface area contributed by atoms with Crippen LogP contribution in [0.4, 0.5) is 5.69 Å². The molecule has 1 atom stereocenters. The second-order valence-corrected chi connectivity index (χ2v) is 5.56. The molecule has 7 nitrogen and oxygen atoms in total. The number of ether oxygens (including phenoxy) is 3. The SMILES string of the molecule is O=C(Oc1ccc([N+](=O)[O-])cc1)C1COC2(CCCCC2)O1. The van der Waals surface area contributed by atoms with Gasteiger partial charge in [-0.05, 0) is 25.0 Å². The third kappa shape index (κ3) is 3.10. The Balaban J connectivity index is 1.59. The number of benzene rings is 1. The zero-order valence-electron chi connectivity index (χ0n) is 12.0. The molecule has 22 heavy (non-hydrogen) atoms. The lowest BCUT2D eigenvalue weighted by Crippen LogP contribution is -2.35. The van der Waals surface area contributed by atoms with Crippen molar-refractivity contribution in [2.24, 2.45) is 0 Å². The third-order valence-electron chi connectivity index (χ3n) is 4.00. The van der Waals surface area contributed by atoms with Crippen LogP contribution in [-0.4, -0.2) is 29.4 Å². The van der Waals surface area contributed by atoms with Crippen LogP contribution >= 0.6 is 0 Å². The van der Waals surface area contributed by atoms with Gasteiger partial charge in [0.2, 0.25) is 0 Å². The van der Waals surface area contributed by atoms with E-state index in [4.69, 9.17) is 14.2 Å². The highest BCUT2D eigenvalue weighted by atomic mass is 16.8. The van der Waals surface area contributed by atoms with Crippen molar-refractivity contribution in [2.45, 2.75) is 44.0 Å². The maximum absolute atomic E-state index is 12.1. The predicted octanol–water partition coefficient (Wildman–Crippen LogP) is 2.58. The summed E-state index contributed by atoms with van der Waals surface area (Å²) in [4.78, 5) is 22.2. The standard InChI is InChI=1S/C15H17NO6/c17-14(21-12-6-4-11(5-7-12)16(18)19)13-10-20-15(22-13)8-2-1-3-9-15/h4-7,13H,1-3,8-10H2. The number of hydrogen-bond acceptors (Lipinski definition) is 6. The van der Waals surface area contributed by atoms with E-state index in [1.54, 1.807) is 0 Å². The molecule has 1 aliphatic heterocycles. The molecule has 0 radical (unpaired) electrons. The Hall–Kier alpha value is -1.99. The van der Waals surface area contributed by atoms with Crippen molar-refractivity contribution in [3.8, 4) is 5.75 Å². The van der Waals surface area contributed by atoms with E-state index in [1.807, 2.05) is 0 Å². The monoisotopic (exact) mass is 307 g/mol. The number of nitrogens with zero attached hydrogens (tertiary/aromatic N) is 1. The Morgan fingerprint density at radius 2 is 1.91 bits per heavy atom. The van der Waals surface area contributed by atoms with Crippen LogP contribution in [0, 0.1) is 10.1 Å². The van der Waals surface area contributed by atoms with Crippen LogP contribution < -0.4 is 4.74 Å². The predicted molar refractivity (Wildman–Crippen MR) is 75.4 cm³/mol. The molecule has 1 aliphatic carbocycles. The van der Waals surface area contributed by atoms with Gasteiger partial charge in [-0.1, -0.05) is 6.42 Å². The lowest BCUT2D eigenvalue weighted by atomic mass is 9.94. The van der Waals surface area contributed by atoms with Gasteiger partial charge in [-0.2, -0.15) is 0 Å². The smallest absolute Gasteiger partial charge is 0.343 e. The largest absolute Gasteiger partial charge is 0.425 e. The summed E-state index contributed by atoms with van der Waals surface area (Å²) in [7, 11) is 0. The van der Waals surface area contributed by atoms with E-state index < -0.39 is 22.8 Å². The first kappa shape index (κ1) is 14.9. The second-order valence-electron chi connectivity index (χ2n) is 5.56. The average molecular weight is 307 g/mol. The fraction of sp³-hybridized carbons (Fsp3) is 0.533. The van der Waals surface area contributed by atoms with Crippen molar-refractivity contribution in [1.82, 2.24) is 0 Å². The van der Waals surface area contributed by atoms with Crippen molar-refractivity contribution in [3.63, 3.8) is 0 Å². The zero-order chi connectivity index (χ0) is 15.6. The Morgan fingerprint density at radius 3 is 2.55 bits per heavy atom. The molecule has 3 rings (SSSR count). The fourth-order valence-electron chi connectivity index (χ4n) is 2.84. The van der Waals surface area contributed by atoms with Crippen molar-refractivity contribution < 1.29 is 23.9 Å². The van der Waals surface area contributed by atoms with Gasteiger partial charge in [0.25, 0.3) is 5.69 Å². The molecule has 1 aromatic carbocycles. The van der Waals surface area contributed by atoms with Gasteiger partial charge < -0.3 is 14.2 Å². The van der Waals surface area contributed by atoms with Gasteiger partial charge in [-0.15, -0.1) is 0 Å². The molecule has 118 valence electrons. The summed E-state index contributed by atoms with van der Waals surface area (Å²) < 4.78 is 16.7. The summed E-state index contributed by atoms with van der Waals surface area (Å²) >= 11 is 0. The van der Waals surface area contributed by atoms with Gasteiger partial charge in [0.05, 0.1) is 11.5 Å². The molecule has 1 saturated carbocycles. The van der Waals surface area contributed by atoms with Crippen LogP contribution in [0.5, 0.6) is 5.75 Å². The number of rotatable bonds is 3. The summed E-state index contributed by atoms with van der Waals surface area (Å²) in [6.07, 6.45) is 4.08. The maximum atomic E-state index is 12.1. The molecule has 0 aromatic heterocycles. The van der Waals surface area contributed by atoms with Gasteiger partial charge in [0.15, 0.2) is 11.9 Å². The summed E-state index contributed by atoms with van der Waals surface area (Å²) in [6.45, 7) is 0.186. The summed E-state index contributed by atoms with van der Waals surface area (Å²) in [5.41, 5.74) is -0.0543. The second kappa shape index (κ2) is 6.02. The molecule has 7 heteroatoms. The van der Waals surface area contributed by atoms with Crippen LogP contribution in [0.3, 0.4) is 0 Å². The van der Waals surface area contributed by atoms with Gasteiger partial charge in [-0.3, -0.25) is 10.1 Å². The van der Waals surface area contributed by atoms with Gasteiger partial charge in [-0.25, -0.2) is 4.79 Å². The van der Waals surface area contributed by atoms with E-state index in [0.29, 0.717) is 0 Å². The Kier molecular flexibility index (Phi) is 4.08. The molecule has 0 N–H and O–H groups in total. The molecule has 2 aliphatic rings. The summed E-state index contributed by atoms with van der Waals surface area (Å²) in [5.74, 6) is -0.905. The number of carbonyl (C=O) groups excluding carboxylic acids is 1. The number of carbonyl (C=O) groups is 1. The maximum Gasteiger partial charge on any atom is 0.343 e. The number of non-ortho nitro benzene ring substituents is 1. The highest BCUT2D eigenvalue weighted by molar-refractivity contribution is 5.77. The molecule has 1 spiro atoms. The fourth-order valence-corrected chi connectivity index (χ4v) is 2.84. The Bertz CT molecular complexity index is 564. The van der Waals surface area contributed by atoms with Crippen molar-refractivity contribution in [2.75, 3.05) is 6.61 Å². The van der Waals surface area contributed by atoms with Gasteiger partial charge >= 0.3 is 5.97 Å². The van der Waals surface area contributed by atoms with Crippen molar-refractivity contribution >= 4 is 11.7 Å². The minimum Gasteiger partial charge on any atom is -0.425 e. The van der Waals surface area contributed by atoms with Crippen LogP contribution in [0.15, 0.2) is 24.3 Å². The molecule has 1 unspecified atom stereocenters. The van der Waals surface area contributed by atoms with Crippen LogP contribution in [0.25, 0.3) is 0 Å². The van der Waals surface area contributed by atoms with E-state index in [9.17, 15) is 14.9 Å². The topological polar surface area (TPSA) is 87.9 Å². The first-order valence-corrected chi connectivity index (χ1v) is 7.36. The van der Waals surface area contributed by atoms with Gasteiger partial charge in [0, 0.05) is 25.0 Å². The van der Waals surface area contributed by atoms with Crippen LogP contribution in [0.1, 0.15) is 32.1 Å². The van der Waals surface area contributed by atoms with Crippen LogP contribution in [0.2, 0.25) is 0 Å². The van der Waals surface area contributed by atoms with E-state index >= 15 is 0 Å². The Labute approximate surface area is 127 Å². The molecular weight excluding hydrogens is 290 g/mol. The first-order chi connectivity index (χ1) is 10.6. The number of nitro groups is 1. The number of nitro benzene ring substituents is 1. The number of hydrogen-bond donors (Lipinski definition) is 0. The first-order valence-electron chi connectivity index (χ1n) is 7.36. The van der Waals surface area contributed by atoms with Crippen molar-refractivity contribution in [1.29, 1.82) is 0 Å². The van der Waals surface area contributed by atoms with E-state index in [0.717, 1.165) is 32.1 Å². The highest BCUT2D eigenvalue weighted by Crippen LogP contribution is 2.38. The quantitative estimate of drug-likeness (QED) is 0.369. The minimum absolute atomic E-state index is 0.0543. The number of esters is 1. The summed E-state index contributed by atoms with van der Waals surface area (Å²) in [5, 5.41) is 10.6. The minimum atomic E-state index is -0.742. The van der Waals surface area contributed by atoms with E-state index in [-0.39, 0.29) is 18.0 Å². The normalized spacial score (nSPS) is 23.4. The highest BCUT2D eigenvalue weighted by Gasteiger charge is 2.45. The average Bonchev–Trinajstić information content (AvgIpc) is 2.92. The molecule has 0 amide bonds. The molecule has 2 fully saturated rings. The Morgan fingerprint density at radius 1 is 1.23 bits per heavy atom.